The van der Waals surface area contributed by atoms with Crippen molar-refractivity contribution in [1.82, 2.24) is 0 Å². The Hall–Kier alpha value is -0.740. The molecule has 86 heavy (non-hydrogen) atoms. The molecule has 504 valence electrons. The first-order valence-corrected chi connectivity index (χ1v) is 29.9. The van der Waals surface area contributed by atoms with Crippen molar-refractivity contribution in [2.45, 2.75) is 226 Å². The Bertz CT molecular complexity index is 1970. The smallest absolute Gasteiger partial charge is 0.187 e. The number of aliphatic hydroxyl groups excluding tert-OH is 23. The first kappa shape index (κ1) is 72.7. The Labute approximate surface area is 498 Å². The van der Waals surface area contributed by atoms with Crippen molar-refractivity contribution >= 4 is 23.5 Å². The maximum Gasteiger partial charge on any atom is 0.187 e. The Balaban J connectivity index is 0.909. The van der Waals surface area contributed by atoms with Crippen LogP contribution in [0.1, 0.15) is 12.8 Å². The highest BCUT2D eigenvalue weighted by Crippen LogP contribution is 2.37. The van der Waals surface area contributed by atoms with E-state index in [4.69, 9.17) is 61.6 Å². The topological polar surface area (TPSA) is 585 Å². The minimum absolute atomic E-state index is 0.0627. The van der Waals surface area contributed by atoms with E-state index in [-0.39, 0.29) is 37.6 Å². The predicted molar refractivity (Wildman–Crippen MR) is 276 cm³/mol. The summed E-state index contributed by atoms with van der Waals surface area (Å²) in [6.45, 7) is -4.88. The van der Waals surface area contributed by atoms with E-state index in [0.717, 1.165) is 23.5 Å². The quantitative estimate of drug-likeness (QED) is 0.0340. The number of rotatable bonds is 27. The summed E-state index contributed by atoms with van der Waals surface area (Å²) in [6, 6.07) is 0. The molecule has 0 bridgehead atoms. The second-order valence-electron chi connectivity index (χ2n) is 21.6. The predicted octanol–water partition coefficient (Wildman–Crippen LogP) is -14.0. The lowest BCUT2D eigenvalue weighted by Gasteiger charge is -2.46. The van der Waals surface area contributed by atoms with Crippen molar-refractivity contribution in [1.29, 1.82) is 0 Å². The van der Waals surface area contributed by atoms with Crippen molar-refractivity contribution < 1.29 is 179 Å². The molecule has 36 nitrogen and oxygen atoms in total. The van der Waals surface area contributed by atoms with Crippen molar-refractivity contribution in [2.24, 2.45) is 0 Å². The fourth-order valence-electron chi connectivity index (χ4n) is 10.4. The van der Waals surface area contributed by atoms with Crippen molar-refractivity contribution in [3.05, 3.63) is 0 Å². The van der Waals surface area contributed by atoms with Crippen LogP contribution in [0.5, 0.6) is 0 Å². The molecule has 38 heteroatoms. The summed E-state index contributed by atoms with van der Waals surface area (Å²) in [4.78, 5) is 0. The molecule has 0 aromatic heterocycles. The van der Waals surface area contributed by atoms with E-state index < -0.39 is 259 Å². The summed E-state index contributed by atoms with van der Waals surface area (Å²) in [5.74, 6) is 0.331. The lowest BCUT2D eigenvalue weighted by molar-refractivity contribution is -0.365. The van der Waals surface area contributed by atoms with Gasteiger partial charge >= 0.3 is 0 Å². The Morgan fingerprint density at radius 1 is 0.279 bits per heavy atom. The summed E-state index contributed by atoms with van der Waals surface area (Å²) in [5.41, 5.74) is -2.33. The summed E-state index contributed by atoms with van der Waals surface area (Å²) < 4.78 is 73.5. The summed E-state index contributed by atoms with van der Waals surface area (Å²) in [5, 5.41) is 241. The SMILES string of the molecule is OC[C@H]1O[C@@H](O[C@H]2[C@H](O)[C@@H](O)[C@H](SCCCOC[C@H]3O[C@H](O[C@H]4[C@H](O)[C@@H](O)[C@H](OC[C@H]5OC(O)[C@H](O)[C@@H](O)[C@H]5O)O[C@@H]4COCCCS[C@@H]4O[C@H](CO)[C@@H](O[C@@H]5O[C@H](CO)[C@H](O)[C@H](O)[C@H]5O)[C@H](O)[C@H]4O)[C@H](O)[C@@H](O)[C@@H]3O)O[C@@H]2CO)[C@H](O)[C@@H](O)[C@H]1O. The second-order valence-corrected chi connectivity index (χ2v) is 24.0. The van der Waals surface area contributed by atoms with E-state index >= 15 is 0 Å². The first-order chi connectivity index (χ1) is 40.9. The Morgan fingerprint density at radius 2 is 0.605 bits per heavy atom. The minimum Gasteiger partial charge on any atom is -0.394 e. The molecule has 0 spiro atoms. The first-order valence-electron chi connectivity index (χ1n) is 27.8. The van der Waals surface area contributed by atoms with Gasteiger partial charge in [0.25, 0.3) is 0 Å². The van der Waals surface area contributed by atoms with E-state index in [1.165, 1.54) is 0 Å². The van der Waals surface area contributed by atoms with Gasteiger partial charge < -0.3 is 179 Å². The van der Waals surface area contributed by atoms with Gasteiger partial charge in [-0.25, -0.2) is 0 Å². The van der Waals surface area contributed by atoms with Crippen LogP contribution in [-0.4, -0.2) is 402 Å². The molecule has 7 aliphatic heterocycles. The largest absolute Gasteiger partial charge is 0.394 e. The standard InChI is InChI=1S/C48H84O36S2/c49-7-14-21(53)26(58)33(65)44(76-14)82-39-16(9-51)80-47(37(69)30(39)62)85-5-1-3-72-11-18-23(55)28(60)35(67)46(78-18)84-41-20(79-43(36(68)29(41)61)74-13-19-24(56)25(57)32(64)42(71)75-19)12-73-4-2-6-86-48-38(70)31(63)40(17(10-52)81-48)83-45-34(66)27(59)22(54)15(8-50)77-45/h14-71H,1-13H2/t14-,15-,16-,17-,18-,19-,20-,21+,22+,23-,24+,25+,26+,27+,28+,29-,30-,31-,32-,33-,34-,35-,36-,37-,38-,39-,40-,41-,42?,43-,44+,45+,46-,47+,48+/m1/s1. The van der Waals surface area contributed by atoms with Crippen molar-refractivity contribution in [3.63, 3.8) is 0 Å². The molecule has 7 rings (SSSR count). The van der Waals surface area contributed by atoms with Crippen molar-refractivity contribution in [2.75, 3.05) is 71.0 Å². The van der Waals surface area contributed by atoms with Crippen LogP contribution < -0.4 is 0 Å². The highest BCUT2D eigenvalue weighted by Gasteiger charge is 2.55. The summed E-state index contributed by atoms with van der Waals surface area (Å²) in [6.07, 6.45) is -56.0. The third-order valence-electron chi connectivity index (χ3n) is 15.6. The van der Waals surface area contributed by atoms with Crippen LogP contribution in [0.2, 0.25) is 0 Å². The molecule has 7 aliphatic rings. The van der Waals surface area contributed by atoms with Gasteiger partial charge in [0, 0.05) is 13.2 Å². The van der Waals surface area contributed by atoms with Gasteiger partial charge in [-0.2, -0.15) is 0 Å². The maximum atomic E-state index is 11.5. The number of hydrogen-bond acceptors (Lipinski definition) is 38. The van der Waals surface area contributed by atoms with Crippen LogP contribution in [0.25, 0.3) is 0 Å². The zero-order valence-corrected chi connectivity index (χ0v) is 47.4. The minimum atomic E-state index is -2.01. The molecular formula is C48H84O36S2. The zero-order chi connectivity index (χ0) is 63.0. The fourth-order valence-corrected chi connectivity index (χ4v) is 12.6. The average molecular weight is 1300 g/mol. The van der Waals surface area contributed by atoms with Gasteiger partial charge in [-0.1, -0.05) is 0 Å². The van der Waals surface area contributed by atoms with Gasteiger partial charge in [-0.3, -0.25) is 0 Å². The normalized spacial score (nSPS) is 49.6. The molecule has 0 aromatic carbocycles. The highest BCUT2D eigenvalue weighted by molar-refractivity contribution is 8.00. The lowest BCUT2D eigenvalue weighted by Crippen LogP contribution is -2.65. The van der Waals surface area contributed by atoms with E-state index in [9.17, 15) is 117 Å². The summed E-state index contributed by atoms with van der Waals surface area (Å²) in [7, 11) is 0. The van der Waals surface area contributed by atoms with Crippen molar-refractivity contribution in [3.8, 4) is 0 Å². The molecule has 35 atom stereocenters. The van der Waals surface area contributed by atoms with E-state index in [1.807, 2.05) is 0 Å². The Morgan fingerprint density at radius 3 is 1.02 bits per heavy atom. The van der Waals surface area contributed by atoms with Crippen LogP contribution >= 0.6 is 23.5 Å². The van der Waals surface area contributed by atoms with E-state index in [0.29, 0.717) is 0 Å². The zero-order valence-electron chi connectivity index (χ0n) is 45.8. The summed E-state index contributed by atoms with van der Waals surface area (Å²) >= 11 is 1.98. The number of thioether (sulfide) groups is 2. The van der Waals surface area contributed by atoms with Crippen LogP contribution in [0.4, 0.5) is 0 Å². The molecule has 1 unspecified atom stereocenters. The monoisotopic (exact) mass is 1300 g/mol. The lowest BCUT2D eigenvalue weighted by atomic mass is 9.96. The molecule has 0 amide bonds. The van der Waals surface area contributed by atoms with Crippen LogP contribution in [0, 0.1) is 0 Å². The molecule has 7 fully saturated rings. The van der Waals surface area contributed by atoms with Gasteiger partial charge in [-0.15, -0.1) is 23.5 Å². The molecule has 0 aromatic rings. The molecule has 0 saturated carbocycles. The maximum absolute atomic E-state index is 11.5. The molecule has 7 heterocycles. The van der Waals surface area contributed by atoms with Crippen LogP contribution in [-0.2, 0) is 61.6 Å². The van der Waals surface area contributed by atoms with Gasteiger partial charge in [0.15, 0.2) is 31.5 Å². The molecule has 0 radical (unpaired) electrons. The van der Waals surface area contributed by atoms with E-state index in [2.05, 4.69) is 0 Å². The van der Waals surface area contributed by atoms with Gasteiger partial charge in [0.1, 0.15) is 182 Å². The van der Waals surface area contributed by atoms with Crippen LogP contribution in [0.15, 0.2) is 0 Å². The number of aliphatic hydroxyl groups is 23. The third kappa shape index (κ3) is 17.0. The van der Waals surface area contributed by atoms with Crippen LogP contribution in [0.3, 0.4) is 0 Å². The van der Waals surface area contributed by atoms with Gasteiger partial charge in [0.2, 0.25) is 0 Å². The van der Waals surface area contributed by atoms with Gasteiger partial charge in [-0.05, 0) is 24.3 Å². The molecular weight excluding hydrogens is 1220 g/mol. The molecule has 7 saturated heterocycles. The average Bonchev–Trinajstić information content (AvgIpc) is 1.31. The molecule has 23 N–H and O–H groups in total. The molecule has 0 aliphatic carbocycles. The van der Waals surface area contributed by atoms with Gasteiger partial charge in [0.05, 0.1) is 46.2 Å². The fraction of sp³-hybridized carbons (Fsp3) is 1.00. The number of ether oxygens (including phenoxy) is 13. The second kappa shape index (κ2) is 33.4. The number of hydrogen-bond donors (Lipinski definition) is 23. The van der Waals surface area contributed by atoms with E-state index in [1.54, 1.807) is 0 Å². The third-order valence-corrected chi connectivity index (χ3v) is 18.1. The Kier molecular flexibility index (Phi) is 28.2. The highest BCUT2D eigenvalue weighted by atomic mass is 32.2.